The Morgan fingerprint density at radius 3 is 2.15 bits per heavy atom. The molecule has 2 heterocycles. The second-order valence-corrected chi connectivity index (χ2v) is 7.59. The van der Waals surface area contributed by atoms with Crippen LogP contribution in [0.2, 0.25) is 0 Å². The van der Waals surface area contributed by atoms with E-state index < -0.39 is 11.5 Å². The van der Waals surface area contributed by atoms with E-state index in [4.69, 9.17) is 0 Å². The highest BCUT2D eigenvalue weighted by Crippen LogP contribution is 2.33. The molecular weight excluding hydrogens is 337 g/mol. The van der Waals surface area contributed by atoms with Crippen molar-refractivity contribution in [1.82, 2.24) is 9.80 Å². The van der Waals surface area contributed by atoms with Crippen LogP contribution in [0.5, 0.6) is 0 Å². The number of imide groups is 1. The lowest BCUT2D eigenvalue weighted by Crippen LogP contribution is -2.55. The highest BCUT2D eigenvalue weighted by atomic mass is 19.1. The monoisotopic (exact) mass is 361 g/mol. The molecule has 26 heavy (non-hydrogen) atoms. The Balaban J connectivity index is 1.62. The largest absolute Gasteiger partial charge is 0.368 e. The fourth-order valence-electron chi connectivity index (χ4n) is 3.58. The van der Waals surface area contributed by atoms with Crippen LogP contribution < -0.4 is 4.90 Å². The SMILES string of the molecule is CC(C(=O)N1CCN(c2ccc(F)cc2)CC1)N1C(=O)CC(C)(C)C1=O. The first-order valence-electron chi connectivity index (χ1n) is 8.86. The van der Waals surface area contributed by atoms with Crippen LogP contribution in [0.1, 0.15) is 27.2 Å². The first kappa shape index (κ1) is 18.4. The fourth-order valence-corrected chi connectivity index (χ4v) is 3.58. The van der Waals surface area contributed by atoms with Gasteiger partial charge in [0, 0.05) is 38.3 Å². The van der Waals surface area contributed by atoms with Gasteiger partial charge in [-0.25, -0.2) is 4.39 Å². The molecule has 0 saturated carbocycles. The molecule has 2 aliphatic rings. The first-order valence-corrected chi connectivity index (χ1v) is 8.86. The molecule has 1 atom stereocenters. The summed E-state index contributed by atoms with van der Waals surface area (Å²) in [6.45, 7) is 7.32. The van der Waals surface area contributed by atoms with E-state index in [0.29, 0.717) is 26.2 Å². The predicted octanol–water partition coefficient (Wildman–Crippen LogP) is 1.65. The van der Waals surface area contributed by atoms with Crippen molar-refractivity contribution >= 4 is 23.4 Å². The third kappa shape index (κ3) is 3.30. The third-order valence-corrected chi connectivity index (χ3v) is 5.19. The molecule has 1 aromatic rings. The maximum absolute atomic E-state index is 13.0. The van der Waals surface area contributed by atoms with Gasteiger partial charge in [-0.15, -0.1) is 0 Å². The number of halogens is 1. The van der Waals surface area contributed by atoms with Gasteiger partial charge in [0.25, 0.3) is 0 Å². The van der Waals surface area contributed by atoms with Crippen LogP contribution in [0.4, 0.5) is 10.1 Å². The number of anilines is 1. The number of benzene rings is 1. The van der Waals surface area contributed by atoms with E-state index in [1.807, 2.05) is 0 Å². The van der Waals surface area contributed by atoms with Crippen molar-refractivity contribution < 1.29 is 18.8 Å². The number of rotatable bonds is 3. The minimum absolute atomic E-state index is 0.141. The van der Waals surface area contributed by atoms with Crippen LogP contribution in [0.25, 0.3) is 0 Å². The Labute approximate surface area is 152 Å². The smallest absolute Gasteiger partial charge is 0.245 e. The van der Waals surface area contributed by atoms with Crippen LogP contribution in [0.3, 0.4) is 0 Å². The summed E-state index contributed by atoms with van der Waals surface area (Å²) in [7, 11) is 0. The molecule has 1 aromatic carbocycles. The maximum Gasteiger partial charge on any atom is 0.245 e. The average molecular weight is 361 g/mol. The van der Waals surface area contributed by atoms with Gasteiger partial charge in [0.1, 0.15) is 11.9 Å². The van der Waals surface area contributed by atoms with Crippen molar-refractivity contribution in [3.8, 4) is 0 Å². The molecule has 6 nitrogen and oxygen atoms in total. The zero-order valence-electron chi connectivity index (χ0n) is 15.4. The molecule has 2 aliphatic heterocycles. The highest BCUT2D eigenvalue weighted by Gasteiger charge is 2.48. The summed E-state index contributed by atoms with van der Waals surface area (Å²) < 4.78 is 13.0. The summed E-state index contributed by atoms with van der Waals surface area (Å²) in [6, 6.07) is 5.50. The van der Waals surface area contributed by atoms with Crippen LogP contribution in [0.15, 0.2) is 24.3 Å². The van der Waals surface area contributed by atoms with Gasteiger partial charge in [0.15, 0.2) is 0 Å². The van der Waals surface area contributed by atoms with Crippen molar-refractivity contribution in [2.75, 3.05) is 31.1 Å². The lowest BCUT2D eigenvalue weighted by atomic mass is 9.92. The molecule has 0 N–H and O–H groups in total. The molecule has 0 radical (unpaired) electrons. The minimum atomic E-state index is -0.783. The van der Waals surface area contributed by atoms with Crippen molar-refractivity contribution in [3.05, 3.63) is 30.1 Å². The Morgan fingerprint density at radius 2 is 1.65 bits per heavy atom. The summed E-state index contributed by atoms with van der Waals surface area (Å²) in [6.07, 6.45) is 0.141. The number of likely N-dealkylation sites (tertiary alicyclic amines) is 1. The molecule has 0 spiro atoms. The van der Waals surface area contributed by atoms with Gasteiger partial charge in [0.05, 0.1) is 5.41 Å². The van der Waals surface area contributed by atoms with E-state index in [2.05, 4.69) is 4.90 Å². The van der Waals surface area contributed by atoms with Crippen molar-refractivity contribution in [2.24, 2.45) is 5.41 Å². The molecule has 3 rings (SSSR count). The lowest BCUT2D eigenvalue weighted by molar-refractivity contribution is -0.151. The average Bonchev–Trinajstić information content (AvgIpc) is 2.82. The molecule has 7 heteroatoms. The summed E-state index contributed by atoms with van der Waals surface area (Å²) in [5, 5.41) is 0. The number of carbonyl (C=O) groups is 3. The van der Waals surface area contributed by atoms with Gasteiger partial charge in [0.2, 0.25) is 17.7 Å². The molecule has 3 amide bonds. The van der Waals surface area contributed by atoms with E-state index in [1.54, 1.807) is 37.8 Å². The standard InChI is InChI=1S/C19H24FN3O3/c1-13(23-16(24)12-19(2,3)18(23)26)17(25)22-10-8-21(9-11-22)15-6-4-14(20)5-7-15/h4-7,13H,8-12H2,1-3H3. The Hall–Kier alpha value is -2.44. The molecule has 1 unspecified atom stereocenters. The zero-order valence-corrected chi connectivity index (χ0v) is 15.4. The Bertz CT molecular complexity index is 724. The quantitative estimate of drug-likeness (QED) is 0.768. The van der Waals surface area contributed by atoms with E-state index in [0.717, 1.165) is 10.6 Å². The number of nitrogens with zero attached hydrogens (tertiary/aromatic N) is 3. The van der Waals surface area contributed by atoms with Crippen LogP contribution in [-0.2, 0) is 14.4 Å². The van der Waals surface area contributed by atoms with E-state index in [1.165, 1.54) is 12.1 Å². The second kappa shape index (κ2) is 6.70. The molecule has 2 saturated heterocycles. The third-order valence-electron chi connectivity index (χ3n) is 5.19. The van der Waals surface area contributed by atoms with Gasteiger partial charge in [-0.3, -0.25) is 19.3 Å². The van der Waals surface area contributed by atoms with Gasteiger partial charge in [-0.2, -0.15) is 0 Å². The molecular formula is C19H24FN3O3. The van der Waals surface area contributed by atoms with Gasteiger partial charge in [-0.1, -0.05) is 13.8 Å². The fraction of sp³-hybridized carbons (Fsp3) is 0.526. The van der Waals surface area contributed by atoms with E-state index in [9.17, 15) is 18.8 Å². The van der Waals surface area contributed by atoms with Crippen LogP contribution >= 0.6 is 0 Å². The summed E-state index contributed by atoms with van der Waals surface area (Å²) in [5.41, 5.74) is 0.172. The summed E-state index contributed by atoms with van der Waals surface area (Å²) in [5.74, 6) is -1.05. The number of hydrogen-bond donors (Lipinski definition) is 0. The summed E-state index contributed by atoms with van der Waals surface area (Å²) in [4.78, 5) is 42.3. The maximum atomic E-state index is 13.0. The number of amides is 3. The van der Waals surface area contributed by atoms with Crippen molar-refractivity contribution in [1.29, 1.82) is 0 Å². The number of carbonyl (C=O) groups excluding carboxylic acids is 3. The Morgan fingerprint density at radius 1 is 1.08 bits per heavy atom. The minimum Gasteiger partial charge on any atom is -0.368 e. The number of hydrogen-bond acceptors (Lipinski definition) is 4. The molecule has 0 aromatic heterocycles. The van der Waals surface area contributed by atoms with Crippen LogP contribution in [-0.4, -0.2) is 59.7 Å². The Kier molecular flexibility index (Phi) is 4.73. The van der Waals surface area contributed by atoms with Gasteiger partial charge in [-0.05, 0) is 31.2 Å². The molecule has 140 valence electrons. The topological polar surface area (TPSA) is 60.9 Å². The number of piperazine rings is 1. The van der Waals surface area contributed by atoms with E-state index in [-0.39, 0.29) is 30.0 Å². The molecule has 0 aliphatic carbocycles. The van der Waals surface area contributed by atoms with Gasteiger partial charge < -0.3 is 9.80 Å². The zero-order chi connectivity index (χ0) is 19.1. The van der Waals surface area contributed by atoms with E-state index >= 15 is 0 Å². The highest BCUT2D eigenvalue weighted by molar-refractivity contribution is 6.08. The molecule has 0 bridgehead atoms. The summed E-state index contributed by atoms with van der Waals surface area (Å²) >= 11 is 0. The van der Waals surface area contributed by atoms with Crippen molar-refractivity contribution in [3.63, 3.8) is 0 Å². The second-order valence-electron chi connectivity index (χ2n) is 7.59. The van der Waals surface area contributed by atoms with Crippen LogP contribution in [0, 0.1) is 11.2 Å². The normalized spacial score (nSPS) is 21.3. The first-order chi connectivity index (χ1) is 12.2. The van der Waals surface area contributed by atoms with Gasteiger partial charge >= 0.3 is 0 Å². The predicted molar refractivity (Wildman–Crippen MR) is 94.9 cm³/mol. The lowest BCUT2D eigenvalue weighted by Gasteiger charge is -2.38. The molecule has 2 fully saturated rings. The van der Waals surface area contributed by atoms with Crippen molar-refractivity contribution in [2.45, 2.75) is 33.2 Å².